The summed E-state index contributed by atoms with van der Waals surface area (Å²) in [6.07, 6.45) is 0.179. The number of para-hydroxylation sites is 1. The van der Waals surface area contributed by atoms with Gasteiger partial charge >= 0.3 is 12.2 Å². The lowest BCUT2D eigenvalue weighted by molar-refractivity contribution is 0.0886. The van der Waals surface area contributed by atoms with E-state index in [1.165, 1.54) is 7.11 Å². The van der Waals surface area contributed by atoms with Crippen molar-refractivity contribution in [2.75, 3.05) is 13.7 Å². The zero-order valence-corrected chi connectivity index (χ0v) is 19.0. The van der Waals surface area contributed by atoms with Gasteiger partial charge in [0.25, 0.3) is 0 Å². The Balaban J connectivity index is 2.04. The number of nitrogens with zero attached hydrogens (tertiary/aromatic N) is 1. The third-order valence-electron chi connectivity index (χ3n) is 4.85. The molecule has 9 heteroatoms. The summed E-state index contributed by atoms with van der Waals surface area (Å²) in [4.78, 5) is 28.6. The predicted molar refractivity (Wildman–Crippen MR) is 120 cm³/mol. The van der Waals surface area contributed by atoms with E-state index in [2.05, 4.69) is 15.6 Å². The molecule has 0 fully saturated rings. The first kappa shape index (κ1) is 23.6. The Morgan fingerprint density at radius 1 is 1.03 bits per heavy atom. The number of hydrogen-bond acceptors (Lipinski definition) is 8. The minimum absolute atomic E-state index is 0.230. The van der Waals surface area contributed by atoms with E-state index in [1.807, 2.05) is 36.4 Å². The van der Waals surface area contributed by atoms with Gasteiger partial charge in [0.05, 0.1) is 24.2 Å². The van der Waals surface area contributed by atoms with E-state index in [-0.39, 0.29) is 18.1 Å². The van der Waals surface area contributed by atoms with E-state index in [9.17, 15) is 9.59 Å². The summed E-state index contributed by atoms with van der Waals surface area (Å²) in [5.41, 5.74) is 2.57. The highest BCUT2D eigenvalue weighted by molar-refractivity contribution is 5.70. The molecule has 1 aliphatic rings. The van der Waals surface area contributed by atoms with Crippen LogP contribution in [0.3, 0.4) is 0 Å². The molecule has 9 nitrogen and oxygen atoms in total. The Labute approximate surface area is 192 Å². The van der Waals surface area contributed by atoms with Crippen LogP contribution in [0.1, 0.15) is 37.9 Å². The van der Waals surface area contributed by atoms with Crippen LogP contribution in [0.25, 0.3) is 0 Å². The second-order valence-electron chi connectivity index (χ2n) is 7.16. The molecular weight excluding hydrogens is 426 g/mol. The molecular formula is C24H27N3O6. The van der Waals surface area contributed by atoms with Crippen LogP contribution in [0.2, 0.25) is 0 Å². The number of allylic oxidation sites excluding steroid dienone is 2. The van der Waals surface area contributed by atoms with Gasteiger partial charge in [-0.1, -0.05) is 24.3 Å². The van der Waals surface area contributed by atoms with Crippen LogP contribution < -0.4 is 15.4 Å². The topological polar surface area (TPSA) is 108 Å². The number of carbonyl (C=O) groups excluding carboxylic acids is 2. The molecule has 1 amide bonds. The number of carbonyl (C=O) groups is 2. The standard InChI is InChI=1S/C24H27N3O6/c1-5-25-23(28)32-21-15(2)27-16(3)22(33-24(29)30-4)20(21)18-11-6-7-12-19(18)31-14-17-10-8-9-13-26-17/h6-13,20,27H,5,14H2,1-4H3,(H,25,28). The van der Waals surface area contributed by atoms with E-state index in [1.54, 1.807) is 33.0 Å². The molecule has 2 aromatic rings. The molecule has 0 saturated heterocycles. The van der Waals surface area contributed by atoms with Gasteiger partial charge in [0.15, 0.2) is 0 Å². The number of pyridine rings is 1. The number of nitrogens with one attached hydrogen (secondary N) is 2. The van der Waals surface area contributed by atoms with Gasteiger partial charge in [-0.3, -0.25) is 4.98 Å². The lowest BCUT2D eigenvalue weighted by Gasteiger charge is -2.31. The van der Waals surface area contributed by atoms with Gasteiger partial charge in [0.2, 0.25) is 0 Å². The van der Waals surface area contributed by atoms with E-state index < -0.39 is 18.2 Å². The first-order valence-electron chi connectivity index (χ1n) is 10.5. The number of ether oxygens (including phenoxy) is 4. The Morgan fingerprint density at radius 3 is 2.39 bits per heavy atom. The predicted octanol–water partition coefficient (Wildman–Crippen LogP) is 4.34. The average Bonchev–Trinajstić information content (AvgIpc) is 2.82. The van der Waals surface area contributed by atoms with Crippen LogP contribution in [0, 0.1) is 0 Å². The number of methoxy groups -OCH3 is 1. The summed E-state index contributed by atoms with van der Waals surface area (Å²) in [6.45, 7) is 5.95. The molecule has 174 valence electrons. The second kappa shape index (κ2) is 11.0. The summed E-state index contributed by atoms with van der Waals surface area (Å²) in [7, 11) is 1.22. The summed E-state index contributed by atoms with van der Waals surface area (Å²) >= 11 is 0. The van der Waals surface area contributed by atoms with Gasteiger partial charge in [-0.2, -0.15) is 0 Å². The number of aromatic nitrogens is 1. The fraction of sp³-hybridized carbons (Fsp3) is 0.292. The van der Waals surface area contributed by atoms with Crippen molar-refractivity contribution in [3.05, 3.63) is 82.8 Å². The Morgan fingerprint density at radius 2 is 1.73 bits per heavy atom. The van der Waals surface area contributed by atoms with E-state index in [0.29, 0.717) is 29.3 Å². The molecule has 1 aromatic carbocycles. The molecule has 33 heavy (non-hydrogen) atoms. The van der Waals surface area contributed by atoms with Gasteiger partial charge in [-0.15, -0.1) is 0 Å². The van der Waals surface area contributed by atoms with Crippen LogP contribution in [-0.2, 0) is 20.8 Å². The molecule has 0 aliphatic carbocycles. The molecule has 0 spiro atoms. The normalized spacial score (nSPS) is 15.5. The number of dihydropyridines is 1. The number of benzene rings is 1. The summed E-state index contributed by atoms with van der Waals surface area (Å²) < 4.78 is 21.9. The van der Waals surface area contributed by atoms with E-state index in [4.69, 9.17) is 18.9 Å². The smallest absolute Gasteiger partial charge is 0.487 e. The van der Waals surface area contributed by atoms with Gasteiger partial charge < -0.3 is 29.6 Å². The summed E-state index contributed by atoms with van der Waals surface area (Å²) in [5, 5.41) is 5.72. The monoisotopic (exact) mass is 453 g/mol. The van der Waals surface area contributed by atoms with Crippen molar-refractivity contribution in [3.63, 3.8) is 0 Å². The lowest BCUT2D eigenvalue weighted by Crippen LogP contribution is -2.32. The summed E-state index contributed by atoms with van der Waals surface area (Å²) in [5.74, 6) is 0.298. The SMILES string of the molecule is CCNC(=O)OC1=C(C)NC(C)=C(OC(=O)OC)C1c1ccccc1OCc1ccccn1. The molecule has 3 rings (SSSR count). The molecule has 1 aliphatic heterocycles. The number of rotatable bonds is 7. The van der Waals surface area contributed by atoms with Crippen molar-refractivity contribution in [1.82, 2.24) is 15.6 Å². The fourth-order valence-electron chi connectivity index (χ4n) is 3.41. The average molecular weight is 453 g/mol. The third-order valence-corrected chi connectivity index (χ3v) is 4.85. The van der Waals surface area contributed by atoms with Gasteiger partial charge in [-0.25, -0.2) is 9.59 Å². The van der Waals surface area contributed by atoms with Crippen molar-refractivity contribution in [2.45, 2.75) is 33.3 Å². The molecule has 2 N–H and O–H groups in total. The Hall–Kier alpha value is -4.01. The third kappa shape index (κ3) is 5.82. The minimum Gasteiger partial charge on any atom is -0.487 e. The maximum Gasteiger partial charge on any atom is 0.513 e. The Kier molecular flexibility index (Phi) is 7.91. The first-order chi connectivity index (χ1) is 15.9. The van der Waals surface area contributed by atoms with Crippen molar-refractivity contribution in [3.8, 4) is 5.75 Å². The van der Waals surface area contributed by atoms with E-state index in [0.717, 1.165) is 5.69 Å². The molecule has 1 unspecified atom stereocenters. The van der Waals surface area contributed by atoms with Crippen LogP contribution in [0.4, 0.5) is 9.59 Å². The number of alkyl carbamates (subject to hydrolysis) is 1. The fourth-order valence-corrected chi connectivity index (χ4v) is 3.41. The lowest BCUT2D eigenvalue weighted by atomic mass is 9.90. The molecule has 1 atom stereocenters. The summed E-state index contributed by atoms with van der Waals surface area (Å²) in [6, 6.07) is 12.8. The highest BCUT2D eigenvalue weighted by Gasteiger charge is 2.36. The zero-order valence-electron chi connectivity index (χ0n) is 19.0. The quantitative estimate of drug-likeness (QED) is 0.596. The van der Waals surface area contributed by atoms with Crippen LogP contribution in [0.5, 0.6) is 5.75 Å². The maximum atomic E-state index is 12.3. The molecule has 0 saturated carbocycles. The molecule has 1 aromatic heterocycles. The van der Waals surface area contributed by atoms with Gasteiger partial charge in [0, 0.05) is 18.3 Å². The zero-order chi connectivity index (χ0) is 23.8. The molecule has 0 radical (unpaired) electrons. The Bertz CT molecular complexity index is 1060. The van der Waals surface area contributed by atoms with Crippen molar-refractivity contribution in [1.29, 1.82) is 0 Å². The van der Waals surface area contributed by atoms with Gasteiger partial charge in [0.1, 0.15) is 29.8 Å². The van der Waals surface area contributed by atoms with E-state index >= 15 is 0 Å². The molecule has 0 bridgehead atoms. The van der Waals surface area contributed by atoms with Crippen molar-refractivity contribution < 1.29 is 28.5 Å². The van der Waals surface area contributed by atoms with Gasteiger partial charge in [-0.05, 0) is 39.0 Å². The minimum atomic E-state index is -0.889. The van der Waals surface area contributed by atoms with Crippen LogP contribution >= 0.6 is 0 Å². The maximum absolute atomic E-state index is 12.3. The second-order valence-corrected chi connectivity index (χ2v) is 7.16. The highest BCUT2D eigenvalue weighted by Crippen LogP contribution is 2.43. The van der Waals surface area contributed by atoms with Crippen LogP contribution in [-0.4, -0.2) is 30.9 Å². The highest BCUT2D eigenvalue weighted by atomic mass is 16.7. The number of hydrogen-bond donors (Lipinski definition) is 2. The van der Waals surface area contributed by atoms with Crippen molar-refractivity contribution in [2.24, 2.45) is 0 Å². The van der Waals surface area contributed by atoms with Crippen molar-refractivity contribution >= 4 is 12.2 Å². The number of amides is 1. The largest absolute Gasteiger partial charge is 0.513 e. The molecule has 2 heterocycles. The van der Waals surface area contributed by atoms with Crippen LogP contribution in [0.15, 0.2) is 71.6 Å². The first-order valence-corrected chi connectivity index (χ1v) is 10.5.